The topological polar surface area (TPSA) is 125 Å². The van der Waals surface area contributed by atoms with Crippen LogP contribution < -0.4 is 9.64 Å². The number of azo groups is 2. The Morgan fingerprint density at radius 1 is 0.786 bits per heavy atom. The number of anilines is 1. The summed E-state index contributed by atoms with van der Waals surface area (Å²) in [5.41, 5.74) is 4.24. The Bertz CT molecular complexity index is 1310. The van der Waals surface area contributed by atoms with Gasteiger partial charge in [-0.3, -0.25) is 10.1 Å². The van der Waals surface area contributed by atoms with Crippen LogP contribution in [0.1, 0.15) is 63.9 Å². The summed E-state index contributed by atoms with van der Waals surface area (Å²) >= 11 is 0. The first-order chi connectivity index (χ1) is 20.4. The Morgan fingerprint density at radius 2 is 1.36 bits per heavy atom. The second-order valence-corrected chi connectivity index (χ2v) is 10.2. The molecule has 0 fully saturated rings. The van der Waals surface area contributed by atoms with Gasteiger partial charge in [-0.25, -0.2) is 0 Å². The lowest BCUT2D eigenvalue weighted by Gasteiger charge is -2.24. The van der Waals surface area contributed by atoms with E-state index in [1.54, 1.807) is 25.3 Å². The first-order valence-electron chi connectivity index (χ1n) is 14.7. The number of hydrogen-bond acceptors (Lipinski definition) is 9. The van der Waals surface area contributed by atoms with E-state index in [-0.39, 0.29) is 12.3 Å². The number of rotatable bonds is 18. The number of aryl methyl sites for hydroxylation is 1. The van der Waals surface area contributed by atoms with E-state index in [9.17, 15) is 15.2 Å². The predicted molar refractivity (Wildman–Crippen MR) is 168 cm³/mol. The van der Waals surface area contributed by atoms with Crippen LogP contribution in [0.3, 0.4) is 0 Å². The standard InChI is InChI=1S/C32H42N6O4/c1-4-5-6-7-8-9-10-11-20-37(21-22-39)28-16-12-26(13-17-28)34-36-31-23-25(2)30(24-32(31)42-3)35-33-27-14-18-29(19-15-27)38(40)41/h12-19,23-24,39H,4-11,20-22H2,1-3H3. The van der Waals surface area contributed by atoms with Gasteiger partial charge >= 0.3 is 0 Å². The molecule has 1 N–H and O–H groups in total. The zero-order valence-corrected chi connectivity index (χ0v) is 24.9. The summed E-state index contributed by atoms with van der Waals surface area (Å²) in [6.45, 7) is 5.76. The van der Waals surface area contributed by atoms with Gasteiger partial charge < -0.3 is 14.7 Å². The summed E-state index contributed by atoms with van der Waals surface area (Å²) in [7, 11) is 1.55. The van der Waals surface area contributed by atoms with E-state index in [1.165, 1.54) is 57.1 Å². The van der Waals surface area contributed by atoms with Crippen LogP contribution in [0.2, 0.25) is 0 Å². The Balaban J connectivity index is 1.61. The molecule has 0 saturated carbocycles. The monoisotopic (exact) mass is 574 g/mol. The SMILES string of the molecule is CCCCCCCCCCN(CCO)c1ccc(N=Nc2cc(C)c(N=Nc3ccc([N+](=O)[O-])cc3)cc2OC)cc1. The molecular formula is C32H42N6O4. The Kier molecular flexibility index (Phi) is 13.5. The molecule has 0 unspecified atom stereocenters. The molecule has 0 aliphatic heterocycles. The van der Waals surface area contributed by atoms with Gasteiger partial charge in [-0.1, -0.05) is 51.9 Å². The van der Waals surface area contributed by atoms with Gasteiger partial charge in [-0.2, -0.15) is 15.3 Å². The van der Waals surface area contributed by atoms with Crippen molar-refractivity contribution in [1.82, 2.24) is 0 Å². The largest absolute Gasteiger partial charge is 0.494 e. The van der Waals surface area contributed by atoms with Crippen molar-refractivity contribution in [1.29, 1.82) is 0 Å². The Hall–Kier alpha value is -4.18. The van der Waals surface area contributed by atoms with Crippen LogP contribution in [0.25, 0.3) is 0 Å². The lowest BCUT2D eigenvalue weighted by atomic mass is 10.1. The van der Waals surface area contributed by atoms with Crippen molar-refractivity contribution in [3.63, 3.8) is 0 Å². The number of non-ortho nitro benzene ring substituents is 1. The van der Waals surface area contributed by atoms with Crippen molar-refractivity contribution >= 4 is 34.1 Å². The van der Waals surface area contributed by atoms with E-state index in [0.717, 1.165) is 24.2 Å². The van der Waals surface area contributed by atoms with Crippen LogP contribution in [0.4, 0.5) is 34.1 Å². The van der Waals surface area contributed by atoms with E-state index < -0.39 is 4.92 Å². The number of aliphatic hydroxyl groups excluding tert-OH is 1. The van der Waals surface area contributed by atoms with Gasteiger partial charge in [-0.05, 0) is 61.4 Å². The highest BCUT2D eigenvalue weighted by Crippen LogP contribution is 2.36. The Morgan fingerprint density at radius 3 is 1.93 bits per heavy atom. The van der Waals surface area contributed by atoms with Crippen LogP contribution in [-0.4, -0.2) is 36.8 Å². The summed E-state index contributed by atoms with van der Waals surface area (Å²) in [6.07, 6.45) is 10.2. The fourth-order valence-electron chi connectivity index (χ4n) is 4.53. The molecule has 0 heterocycles. The molecular weight excluding hydrogens is 532 g/mol. The van der Waals surface area contributed by atoms with Gasteiger partial charge in [0.15, 0.2) is 0 Å². The van der Waals surface area contributed by atoms with Crippen molar-refractivity contribution in [2.75, 3.05) is 31.7 Å². The minimum absolute atomic E-state index is 0.00237. The molecule has 0 atom stereocenters. The Labute approximate surface area is 248 Å². The lowest BCUT2D eigenvalue weighted by molar-refractivity contribution is -0.384. The fraction of sp³-hybridized carbons (Fsp3) is 0.438. The number of nitrogens with zero attached hydrogens (tertiary/aromatic N) is 6. The van der Waals surface area contributed by atoms with Crippen LogP contribution in [0, 0.1) is 17.0 Å². The molecule has 3 aromatic rings. The summed E-state index contributed by atoms with van der Waals surface area (Å²) < 4.78 is 5.52. The van der Waals surface area contributed by atoms with Crippen molar-refractivity contribution in [3.8, 4) is 5.75 Å². The molecule has 3 rings (SSSR count). The third kappa shape index (κ3) is 10.3. The highest BCUT2D eigenvalue weighted by molar-refractivity contribution is 5.63. The third-order valence-electron chi connectivity index (χ3n) is 6.97. The smallest absolute Gasteiger partial charge is 0.269 e. The summed E-state index contributed by atoms with van der Waals surface area (Å²) in [5, 5.41) is 37.7. The maximum Gasteiger partial charge on any atom is 0.269 e. The van der Waals surface area contributed by atoms with Gasteiger partial charge in [0.1, 0.15) is 11.4 Å². The number of aliphatic hydroxyl groups is 1. The molecule has 0 radical (unpaired) electrons. The highest BCUT2D eigenvalue weighted by atomic mass is 16.6. The second kappa shape index (κ2) is 17.6. The van der Waals surface area contributed by atoms with E-state index in [1.807, 2.05) is 37.3 Å². The number of unbranched alkanes of at least 4 members (excludes halogenated alkanes) is 7. The first-order valence-corrected chi connectivity index (χ1v) is 14.7. The molecule has 42 heavy (non-hydrogen) atoms. The summed E-state index contributed by atoms with van der Waals surface area (Å²) in [4.78, 5) is 12.6. The molecule has 10 heteroatoms. The van der Waals surface area contributed by atoms with Crippen LogP contribution in [-0.2, 0) is 0 Å². The number of nitro benzene ring substituents is 1. The zero-order valence-electron chi connectivity index (χ0n) is 24.9. The van der Waals surface area contributed by atoms with Crippen molar-refractivity contribution < 1.29 is 14.8 Å². The van der Waals surface area contributed by atoms with Gasteiger partial charge in [0.05, 0.1) is 35.7 Å². The van der Waals surface area contributed by atoms with Gasteiger partial charge in [0.25, 0.3) is 5.69 Å². The van der Waals surface area contributed by atoms with Gasteiger partial charge in [0.2, 0.25) is 0 Å². The number of hydrogen-bond donors (Lipinski definition) is 1. The van der Waals surface area contributed by atoms with E-state index in [2.05, 4.69) is 32.3 Å². The molecule has 0 aromatic heterocycles. The maximum atomic E-state index is 10.8. The zero-order chi connectivity index (χ0) is 30.2. The van der Waals surface area contributed by atoms with Gasteiger partial charge in [0, 0.05) is 37.0 Å². The van der Waals surface area contributed by atoms with Crippen LogP contribution in [0.5, 0.6) is 5.75 Å². The van der Waals surface area contributed by atoms with Crippen LogP contribution >= 0.6 is 0 Å². The summed E-state index contributed by atoms with van der Waals surface area (Å²) in [5.74, 6) is 0.498. The normalized spacial score (nSPS) is 11.4. The molecule has 0 bridgehead atoms. The average molecular weight is 575 g/mol. The molecule has 0 aliphatic rings. The van der Waals surface area contributed by atoms with E-state index in [0.29, 0.717) is 35.0 Å². The molecule has 10 nitrogen and oxygen atoms in total. The first kappa shape index (κ1) is 32.3. The maximum absolute atomic E-state index is 10.8. The van der Waals surface area contributed by atoms with Crippen molar-refractivity contribution in [2.45, 2.75) is 65.2 Å². The van der Waals surface area contributed by atoms with E-state index in [4.69, 9.17) is 4.74 Å². The average Bonchev–Trinajstić information content (AvgIpc) is 3.00. The molecule has 0 aliphatic carbocycles. The minimum atomic E-state index is -0.456. The number of methoxy groups -OCH3 is 1. The van der Waals surface area contributed by atoms with Crippen LogP contribution in [0.15, 0.2) is 81.1 Å². The lowest BCUT2D eigenvalue weighted by Crippen LogP contribution is -2.27. The summed E-state index contributed by atoms with van der Waals surface area (Å²) in [6, 6.07) is 17.3. The molecule has 3 aromatic carbocycles. The molecule has 0 spiro atoms. The molecule has 0 amide bonds. The quantitative estimate of drug-likeness (QED) is 0.0700. The van der Waals surface area contributed by atoms with Crippen molar-refractivity contribution in [3.05, 3.63) is 76.3 Å². The van der Waals surface area contributed by atoms with E-state index >= 15 is 0 Å². The van der Waals surface area contributed by atoms with Gasteiger partial charge in [-0.15, -0.1) is 5.11 Å². The second-order valence-electron chi connectivity index (χ2n) is 10.2. The fourth-order valence-corrected chi connectivity index (χ4v) is 4.53. The number of nitro groups is 1. The third-order valence-corrected chi connectivity index (χ3v) is 6.97. The highest BCUT2D eigenvalue weighted by Gasteiger charge is 2.10. The number of benzene rings is 3. The predicted octanol–water partition coefficient (Wildman–Crippen LogP) is 9.68. The number of ether oxygens (including phenoxy) is 1. The molecule has 224 valence electrons. The minimum Gasteiger partial charge on any atom is -0.494 e. The van der Waals surface area contributed by atoms with Crippen molar-refractivity contribution in [2.24, 2.45) is 20.5 Å². The molecule has 0 saturated heterocycles.